The van der Waals surface area contributed by atoms with E-state index in [1.165, 1.54) is 0 Å². The average molecular weight is 283 g/mol. The van der Waals surface area contributed by atoms with Crippen LogP contribution in [0.25, 0.3) is 0 Å². The highest BCUT2D eigenvalue weighted by molar-refractivity contribution is 7.07. The first-order chi connectivity index (χ1) is 8.91. The molecular formula is C13H21N3O2S. The Hall–Kier alpha value is -1.40. The van der Waals surface area contributed by atoms with Crippen molar-refractivity contribution in [2.24, 2.45) is 11.7 Å². The standard InChI is InChI=1S/C13H21N3O2S/c1-8(2)12(14)13(18)15-6-11(17)16-9(3)10-4-5-19-7-10/h4-5,7-9,12H,6,14H2,1-3H3,(H,15,18)(H,16,17)/t9?,12-/m0/s1. The second-order valence-electron chi connectivity index (χ2n) is 4.83. The summed E-state index contributed by atoms with van der Waals surface area (Å²) in [4.78, 5) is 23.3. The van der Waals surface area contributed by atoms with E-state index in [0.29, 0.717) is 0 Å². The number of thiophene rings is 1. The summed E-state index contributed by atoms with van der Waals surface area (Å²) < 4.78 is 0. The zero-order chi connectivity index (χ0) is 14.4. The van der Waals surface area contributed by atoms with Crippen LogP contribution in [0, 0.1) is 5.92 Å². The Morgan fingerprint density at radius 3 is 2.58 bits per heavy atom. The molecule has 0 aliphatic heterocycles. The van der Waals surface area contributed by atoms with Crippen LogP contribution in [-0.2, 0) is 9.59 Å². The zero-order valence-electron chi connectivity index (χ0n) is 11.5. The highest BCUT2D eigenvalue weighted by atomic mass is 32.1. The summed E-state index contributed by atoms with van der Waals surface area (Å²) in [6.45, 7) is 5.58. The fraction of sp³-hybridized carbons (Fsp3) is 0.538. The molecule has 0 bridgehead atoms. The predicted octanol–water partition coefficient (Wildman–Crippen LogP) is 1.02. The van der Waals surface area contributed by atoms with Gasteiger partial charge in [-0.25, -0.2) is 0 Å². The van der Waals surface area contributed by atoms with Gasteiger partial charge in [-0.15, -0.1) is 0 Å². The summed E-state index contributed by atoms with van der Waals surface area (Å²) in [5.74, 6) is -0.468. The summed E-state index contributed by atoms with van der Waals surface area (Å²) in [6.07, 6.45) is 0. The Morgan fingerprint density at radius 2 is 2.05 bits per heavy atom. The summed E-state index contributed by atoms with van der Waals surface area (Å²) in [5, 5.41) is 9.30. The highest BCUT2D eigenvalue weighted by Crippen LogP contribution is 2.15. The number of amides is 2. The average Bonchev–Trinajstić information content (AvgIpc) is 2.88. The van der Waals surface area contributed by atoms with Crippen molar-refractivity contribution in [3.8, 4) is 0 Å². The Labute approximate surface area is 117 Å². The maximum absolute atomic E-state index is 11.7. The third-order valence-corrected chi connectivity index (χ3v) is 3.57. The first kappa shape index (κ1) is 15.7. The number of carbonyl (C=O) groups is 2. The lowest BCUT2D eigenvalue weighted by atomic mass is 10.1. The minimum atomic E-state index is -0.581. The molecule has 0 radical (unpaired) electrons. The van der Waals surface area contributed by atoms with E-state index in [1.54, 1.807) is 11.3 Å². The van der Waals surface area contributed by atoms with Crippen LogP contribution in [0.1, 0.15) is 32.4 Å². The molecule has 0 aliphatic rings. The Kier molecular flexibility index (Phi) is 5.98. The monoisotopic (exact) mass is 283 g/mol. The van der Waals surface area contributed by atoms with E-state index in [1.807, 2.05) is 37.6 Å². The largest absolute Gasteiger partial charge is 0.348 e. The van der Waals surface area contributed by atoms with Crippen LogP contribution < -0.4 is 16.4 Å². The molecule has 0 saturated heterocycles. The number of carbonyl (C=O) groups excluding carboxylic acids is 2. The molecule has 2 amide bonds. The SMILES string of the molecule is CC(NC(=O)CNC(=O)[C@@H](N)C(C)C)c1ccsc1. The van der Waals surface area contributed by atoms with Crippen molar-refractivity contribution >= 4 is 23.2 Å². The van der Waals surface area contributed by atoms with Gasteiger partial charge in [-0.2, -0.15) is 11.3 Å². The third-order valence-electron chi connectivity index (χ3n) is 2.86. The topological polar surface area (TPSA) is 84.2 Å². The van der Waals surface area contributed by atoms with Crippen molar-refractivity contribution in [2.45, 2.75) is 32.9 Å². The van der Waals surface area contributed by atoms with Crippen LogP contribution in [0.4, 0.5) is 0 Å². The molecule has 0 aliphatic carbocycles. The van der Waals surface area contributed by atoms with Gasteiger partial charge in [0.15, 0.2) is 0 Å². The fourth-order valence-electron chi connectivity index (χ4n) is 1.49. The normalized spacial score (nSPS) is 13.9. The molecule has 5 nitrogen and oxygen atoms in total. The van der Waals surface area contributed by atoms with Gasteiger partial charge in [0.1, 0.15) is 0 Å². The molecule has 0 saturated carbocycles. The smallest absolute Gasteiger partial charge is 0.239 e. The number of rotatable bonds is 6. The number of nitrogens with one attached hydrogen (secondary N) is 2. The molecule has 106 valence electrons. The van der Waals surface area contributed by atoms with Gasteiger partial charge in [0.05, 0.1) is 18.6 Å². The van der Waals surface area contributed by atoms with Gasteiger partial charge in [0, 0.05) is 0 Å². The van der Waals surface area contributed by atoms with Crippen LogP contribution in [-0.4, -0.2) is 24.4 Å². The van der Waals surface area contributed by atoms with Crippen molar-refractivity contribution < 1.29 is 9.59 Å². The van der Waals surface area contributed by atoms with Crippen LogP contribution in [0.5, 0.6) is 0 Å². The van der Waals surface area contributed by atoms with E-state index < -0.39 is 6.04 Å². The maximum atomic E-state index is 11.7. The van der Waals surface area contributed by atoms with Gasteiger partial charge in [0.25, 0.3) is 0 Å². The van der Waals surface area contributed by atoms with Crippen LogP contribution in [0.2, 0.25) is 0 Å². The van der Waals surface area contributed by atoms with E-state index >= 15 is 0 Å². The van der Waals surface area contributed by atoms with Gasteiger partial charge in [-0.1, -0.05) is 13.8 Å². The summed E-state index contributed by atoms with van der Waals surface area (Å²) in [7, 11) is 0. The van der Waals surface area contributed by atoms with Crippen LogP contribution in [0.3, 0.4) is 0 Å². The molecular weight excluding hydrogens is 262 g/mol. The molecule has 6 heteroatoms. The zero-order valence-corrected chi connectivity index (χ0v) is 12.3. The Bertz CT molecular complexity index is 418. The van der Waals surface area contributed by atoms with Gasteiger partial charge in [0.2, 0.25) is 11.8 Å². The van der Waals surface area contributed by atoms with Gasteiger partial charge in [-0.05, 0) is 35.2 Å². The molecule has 1 heterocycles. The van der Waals surface area contributed by atoms with Gasteiger partial charge >= 0.3 is 0 Å². The fourth-order valence-corrected chi connectivity index (χ4v) is 2.24. The number of hydrogen-bond acceptors (Lipinski definition) is 4. The molecule has 1 aromatic rings. The first-order valence-electron chi connectivity index (χ1n) is 6.26. The first-order valence-corrected chi connectivity index (χ1v) is 7.20. The minimum Gasteiger partial charge on any atom is -0.348 e. The van der Waals surface area contributed by atoms with E-state index in [-0.39, 0.29) is 30.3 Å². The second kappa shape index (κ2) is 7.25. The number of hydrogen-bond donors (Lipinski definition) is 3. The lowest BCUT2D eigenvalue weighted by Gasteiger charge is -2.16. The third kappa shape index (κ3) is 5.00. The summed E-state index contributed by atoms with van der Waals surface area (Å²) >= 11 is 1.58. The van der Waals surface area contributed by atoms with Crippen molar-refractivity contribution in [1.29, 1.82) is 0 Å². The molecule has 0 fully saturated rings. The molecule has 1 unspecified atom stereocenters. The molecule has 4 N–H and O–H groups in total. The maximum Gasteiger partial charge on any atom is 0.239 e. The van der Waals surface area contributed by atoms with Gasteiger partial charge < -0.3 is 16.4 Å². The molecule has 19 heavy (non-hydrogen) atoms. The lowest BCUT2D eigenvalue weighted by molar-refractivity contribution is -0.127. The van der Waals surface area contributed by atoms with E-state index in [4.69, 9.17) is 5.73 Å². The molecule has 1 aromatic heterocycles. The molecule has 2 atom stereocenters. The van der Waals surface area contributed by atoms with Crippen molar-refractivity contribution in [3.05, 3.63) is 22.4 Å². The van der Waals surface area contributed by atoms with E-state index in [9.17, 15) is 9.59 Å². The van der Waals surface area contributed by atoms with Crippen LogP contribution in [0.15, 0.2) is 16.8 Å². The summed E-state index contributed by atoms with van der Waals surface area (Å²) in [5.41, 5.74) is 6.74. The molecule has 0 aromatic carbocycles. The Morgan fingerprint density at radius 1 is 1.37 bits per heavy atom. The molecule has 1 rings (SSSR count). The Balaban J connectivity index is 2.34. The molecule has 0 spiro atoms. The van der Waals surface area contributed by atoms with E-state index in [0.717, 1.165) is 5.56 Å². The predicted molar refractivity (Wildman–Crippen MR) is 76.7 cm³/mol. The van der Waals surface area contributed by atoms with Gasteiger partial charge in [-0.3, -0.25) is 9.59 Å². The van der Waals surface area contributed by atoms with Crippen LogP contribution >= 0.6 is 11.3 Å². The minimum absolute atomic E-state index is 0.0479. The quantitative estimate of drug-likeness (QED) is 0.729. The second-order valence-corrected chi connectivity index (χ2v) is 5.61. The van der Waals surface area contributed by atoms with Crippen molar-refractivity contribution in [3.63, 3.8) is 0 Å². The number of nitrogens with two attached hydrogens (primary N) is 1. The summed E-state index contributed by atoms with van der Waals surface area (Å²) in [6, 6.07) is 1.32. The highest BCUT2D eigenvalue weighted by Gasteiger charge is 2.18. The van der Waals surface area contributed by atoms with Crippen molar-refractivity contribution in [1.82, 2.24) is 10.6 Å². The lowest BCUT2D eigenvalue weighted by Crippen LogP contribution is -2.47. The van der Waals surface area contributed by atoms with E-state index in [2.05, 4.69) is 10.6 Å². The van der Waals surface area contributed by atoms with Crippen molar-refractivity contribution in [2.75, 3.05) is 6.54 Å².